The van der Waals surface area contributed by atoms with E-state index in [1.54, 1.807) is 48.5 Å². The van der Waals surface area contributed by atoms with E-state index in [1.807, 2.05) is 0 Å². The molecule has 0 fully saturated rings. The molecule has 0 saturated carbocycles. The van der Waals surface area contributed by atoms with Gasteiger partial charge in [-0.15, -0.1) is 0 Å². The number of halogens is 1. The first-order valence-electron chi connectivity index (χ1n) is 9.20. The Balaban J connectivity index is 1.81. The number of aromatic nitrogens is 3. The molecular formula is C22H18FN5O2. The highest BCUT2D eigenvalue weighted by Crippen LogP contribution is 2.25. The van der Waals surface area contributed by atoms with Crippen molar-refractivity contribution in [3.05, 3.63) is 94.5 Å². The first kappa shape index (κ1) is 19.4. The third kappa shape index (κ3) is 3.44. The molecule has 0 bridgehead atoms. The maximum absolute atomic E-state index is 14.1. The maximum atomic E-state index is 14.1. The SMILES string of the molecule is NCC(c1cccc(C(N)=O)c1)n1cnc2cc(-c3ccncc3F)ccc2c1=O. The molecule has 0 saturated heterocycles. The van der Waals surface area contributed by atoms with E-state index in [2.05, 4.69) is 9.97 Å². The van der Waals surface area contributed by atoms with Gasteiger partial charge in [-0.1, -0.05) is 18.2 Å². The van der Waals surface area contributed by atoms with Crippen molar-refractivity contribution in [1.82, 2.24) is 14.5 Å². The molecule has 0 spiro atoms. The van der Waals surface area contributed by atoms with Crippen molar-refractivity contribution in [3.63, 3.8) is 0 Å². The van der Waals surface area contributed by atoms with Crippen LogP contribution in [0.3, 0.4) is 0 Å². The summed E-state index contributed by atoms with van der Waals surface area (Å²) in [5.41, 5.74) is 13.4. The molecule has 0 aliphatic carbocycles. The molecule has 1 amide bonds. The molecule has 1 atom stereocenters. The Hall–Kier alpha value is -3.91. The van der Waals surface area contributed by atoms with Gasteiger partial charge in [0.15, 0.2) is 0 Å². The number of primary amides is 1. The standard InChI is InChI=1S/C22H18FN5O2/c23-18-11-26-7-6-16(18)13-4-5-17-19(9-13)27-12-28(22(17)30)20(10-24)14-2-1-3-15(8-14)21(25)29/h1-9,11-12,20H,10,24H2,(H2,25,29). The minimum Gasteiger partial charge on any atom is -0.366 e. The van der Waals surface area contributed by atoms with Gasteiger partial charge in [0.2, 0.25) is 5.91 Å². The molecule has 2 heterocycles. The van der Waals surface area contributed by atoms with E-state index in [0.717, 1.165) is 6.20 Å². The van der Waals surface area contributed by atoms with Crippen molar-refractivity contribution >= 4 is 16.8 Å². The lowest BCUT2D eigenvalue weighted by molar-refractivity contribution is 0.1000. The van der Waals surface area contributed by atoms with Gasteiger partial charge in [-0.25, -0.2) is 9.37 Å². The van der Waals surface area contributed by atoms with Crippen LogP contribution in [0.2, 0.25) is 0 Å². The Kier molecular flexibility index (Phi) is 5.07. The van der Waals surface area contributed by atoms with Gasteiger partial charge in [0, 0.05) is 23.9 Å². The average Bonchev–Trinajstić information content (AvgIpc) is 2.76. The number of fused-ring (bicyclic) bond motifs is 1. The summed E-state index contributed by atoms with van der Waals surface area (Å²) in [5.74, 6) is -1.02. The number of nitrogens with two attached hydrogens (primary N) is 2. The number of hydrogen-bond donors (Lipinski definition) is 2. The van der Waals surface area contributed by atoms with Gasteiger partial charge in [0.1, 0.15) is 5.82 Å². The number of benzene rings is 2. The number of carbonyl (C=O) groups excluding carboxylic acids is 1. The first-order chi connectivity index (χ1) is 14.5. The lowest BCUT2D eigenvalue weighted by atomic mass is 10.0. The molecule has 2 aromatic heterocycles. The molecular weight excluding hydrogens is 385 g/mol. The largest absolute Gasteiger partial charge is 0.366 e. The second-order valence-electron chi connectivity index (χ2n) is 6.79. The number of hydrogen-bond acceptors (Lipinski definition) is 5. The minimum absolute atomic E-state index is 0.121. The quantitative estimate of drug-likeness (QED) is 0.530. The maximum Gasteiger partial charge on any atom is 0.261 e. The fraction of sp³-hybridized carbons (Fsp3) is 0.0909. The predicted molar refractivity (Wildman–Crippen MR) is 111 cm³/mol. The van der Waals surface area contributed by atoms with E-state index in [1.165, 1.54) is 17.1 Å². The fourth-order valence-corrected chi connectivity index (χ4v) is 3.44. The van der Waals surface area contributed by atoms with Crippen molar-refractivity contribution < 1.29 is 9.18 Å². The van der Waals surface area contributed by atoms with Crippen molar-refractivity contribution in [2.75, 3.05) is 6.54 Å². The molecule has 8 heteroatoms. The van der Waals surface area contributed by atoms with E-state index < -0.39 is 17.8 Å². The van der Waals surface area contributed by atoms with Crippen LogP contribution in [-0.2, 0) is 0 Å². The zero-order chi connectivity index (χ0) is 21.3. The Labute approximate surface area is 170 Å². The first-order valence-corrected chi connectivity index (χ1v) is 9.20. The molecule has 30 heavy (non-hydrogen) atoms. The normalized spacial score (nSPS) is 12.1. The van der Waals surface area contributed by atoms with E-state index in [-0.39, 0.29) is 12.1 Å². The highest BCUT2D eigenvalue weighted by molar-refractivity contribution is 5.93. The molecule has 150 valence electrons. The van der Waals surface area contributed by atoms with Crippen LogP contribution < -0.4 is 17.0 Å². The summed E-state index contributed by atoms with van der Waals surface area (Å²) in [6.07, 6.45) is 4.04. The molecule has 4 aromatic rings. The van der Waals surface area contributed by atoms with Crippen LogP contribution in [0, 0.1) is 5.82 Å². The second kappa shape index (κ2) is 7.84. The third-order valence-corrected chi connectivity index (χ3v) is 4.98. The summed E-state index contributed by atoms with van der Waals surface area (Å²) in [6, 6.07) is 12.7. The van der Waals surface area contributed by atoms with Crippen LogP contribution in [0.15, 0.2) is 72.0 Å². The van der Waals surface area contributed by atoms with E-state index >= 15 is 0 Å². The van der Waals surface area contributed by atoms with Crippen molar-refractivity contribution in [3.8, 4) is 11.1 Å². The fourth-order valence-electron chi connectivity index (χ4n) is 3.44. The van der Waals surface area contributed by atoms with Crippen molar-refractivity contribution in [2.45, 2.75) is 6.04 Å². The van der Waals surface area contributed by atoms with Crippen LogP contribution in [0.4, 0.5) is 4.39 Å². The van der Waals surface area contributed by atoms with Crippen LogP contribution in [0.5, 0.6) is 0 Å². The van der Waals surface area contributed by atoms with E-state index in [0.29, 0.717) is 33.2 Å². The Bertz CT molecular complexity index is 1320. The molecule has 2 aromatic carbocycles. The smallest absolute Gasteiger partial charge is 0.261 e. The second-order valence-corrected chi connectivity index (χ2v) is 6.79. The average molecular weight is 403 g/mol. The zero-order valence-corrected chi connectivity index (χ0v) is 15.8. The summed E-state index contributed by atoms with van der Waals surface area (Å²) >= 11 is 0. The van der Waals surface area contributed by atoms with E-state index in [4.69, 9.17) is 11.5 Å². The predicted octanol–water partition coefficient (Wildman–Crippen LogP) is 2.24. The van der Waals surface area contributed by atoms with Gasteiger partial charge in [0.05, 0.1) is 29.5 Å². The summed E-state index contributed by atoms with van der Waals surface area (Å²) in [6.45, 7) is 0.121. The number of nitrogens with zero attached hydrogens (tertiary/aromatic N) is 3. The lowest BCUT2D eigenvalue weighted by Crippen LogP contribution is -2.31. The van der Waals surface area contributed by atoms with Crippen LogP contribution >= 0.6 is 0 Å². The molecule has 0 radical (unpaired) electrons. The van der Waals surface area contributed by atoms with Gasteiger partial charge >= 0.3 is 0 Å². The highest BCUT2D eigenvalue weighted by Gasteiger charge is 2.17. The van der Waals surface area contributed by atoms with Crippen LogP contribution in [0.25, 0.3) is 22.0 Å². The van der Waals surface area contributed by atoms with Gasteiger partial charge in [-0.3, -0.25) is 19.1 Å². The molecule has 1 unspecified atom stereocenters. The van der Waals surface area contributed by atoms with E-state index in [9.17, 15) is 14.0 Å². The van der Waals surface area contributed by atoms with Gasteiger partial charge in [0.25, 0.3) is 5.56 Å². The summed E-state index contributed by atoms with van der Waals surface area (Å²) in [4.78, 5) is 32.8. The molecule has 0 aliphatic heterocycles. The van der Waals surface area contributed by atoms with Crippen molar-refractivity contribution in [2.24, 2.45) is 11.5 Å². The molecule has 4 rings (SSSR count). The summed E-state index contributed by atoms with van der Waals surface area (Å²) < 4.78 is 15.5. The topological polar surface area (TPSA) is 117 Å². The Morgan fingerprint density at radius 2 is 2.00 bits per heavy atom. The zero-order valence-electron chi connectivity index (χ0n) is 15.8. The number of rotatable bonds is 5. The summed E-state index contributed by atoms with van der Waals surface area (Å²) in [7, 11) is 0. The Morgan fingerprint density at radius 1 is 1.17 bits per heavy atom. The monoisotopic (exact) mass is 403 g/mol. The minimum atomic E-state index is -0.563. The summed E-state index contributed by atoms with van der Waals surface area (Å²) in [5, 5.41) is 0.375. The molecule has 7 nitrogen and oxygen atoms in total. The lowest BCUT2D eigenvalue weighted by Gasteiger charge is -2.19. The molecule has 4 N–H and O–H groups in total. The van der Waals surface area contributed by atoms with Gasteiger partial charge in [-0.05, 0) is 41.5 Å². The molecule has 0 aliphatic rings. The van der Waals surface area contributed by atoms with Gasteiger partial charge < -0.3 is 11.5 Å². The Morgan fingerprint density at radius 3 is 2.73 bits per heavy atom. The van der Waals surface area contributed by atoms with Crippen molar-refractivity contribution in [1.29, 1.82) is 0 Å². The van der Waals surface area contributed by atoms with Crippen LogP contribution in [0.1, 0.15) is 22.0 Å². The van der Waals surface area contributed by atoms with Crippen LogP contribution in [-0.4, -0.2) is 27.0 Å². The van der Waals surface area contributed by atoms with Gasteiger partial charge in [-0.2, -0.15) is 0 Å². The number of pyridine rings is 1. The number of amides is 1. The third-order valence-electron chi connectivity index (χ3n) is 4.98. The number of carbonyl (C=O) groups is 1. The highest BCUT2D eigenvalue weighted by atomic mass is 19.1.